The quantitative estimate of drug-likeness (QED) is 0.835. The third-order valence-electron chi connectivity index (χ3n) is 1.97. The van der Waals surface area contributed by atoms with Gasteiger partial charge in [0.25, 0.3) is 5.91 Å². The predicted octanol–water partition coefficient (Wildman–Crippen LogP) is 2.52. The molecule has 2 heterocycles. The van der Waals surface area contributed by atoms with E-state index in [0.717, 1.165) is 6.20 Å². The van der Waals surface area contributed by atoms with Crippen LogP contribution in [0, 0.1) is 5.82 Å². The van der Waals surface area contributed by atoms with Crippen molar-refractivity contribution >= 4 is 23.3 Å². The molecule has 0 aliphatic carbocycles. The molecule has 86 valence electrons. The van der Waals surface area contributed by atoms with Gasteiger partial charge < -0.3 is 5.32 Å². The molecule has 0 saturated heterocycles. The van der Waals surface area contributed by atoms with Crippen LogP contribution in [0.4, 0.5) is 10.2 Å². The lowest BCUT2D eigenvalue weighted by molar-refractivity contribution is 0.102. The fourth-order valence-electron chi connectivity index (χ4n) is 1.22. The molecular weight excluding hydrogens is 245 g/mol. The van der Waals surface area contributed by atoms with Gasteiger partial charge in [-0.15, -0.1) is 0 Å². The number of hydrogen-bond acceptors (Lipinski definition) is 3. The number of nitrogens with one attached hydrogen (secondary N) is 1. The van der Waals surface area contributed by atoms with Crippen molar-refractivity contribution in [2.45, 2.75) is 0 Å². The summed E-state index contributed by atoms with van der Waals surface area (Å²) in [5.41, 5.74) is -0.0956. The minimum Gasteiger partial charge on any atom is -0.306 e. The van der Waals surface area contributed by atoms with E-state index in [0.29, 0.717) is 0 Å². The number of pyridine rings is 2. The highest BCUT2D eigenvalue weighted by molar-refractivity contribution is 6.29. The number of aromatic nitrogens is 2. The Bertz CT molecular complexity index is 562. The van der Waals surface area contributed by atoms with Crippen LogP contribution in [0.5, 0.6) is 0 Å². The summed E-state index contributed by atoms with van der Waals surface area (Å²) in [6.07, 6.45) is 2.31. The Labute approximate surface area is 101 Å². The molecule has 0 fully saturated rings. The van der Waals surface area contributed by atoms with Gasteiger partial charge in [-0.05, 0) is 18.2 Å². The molecular formula is C11H7ClFN3O. The minimum absolute atomic E-state index is 0.0956. The van der Waals surface area contributed by atoms with E-state index >= 15 is 0 Å². The van der Waals surface area contributed by atoms with Crippen molar-refractivity contribution in [2.75, 3.05) is 5.32 Å². The molecule has 2 aromatic rings. The molecule has 0 atom stereocenters. The van der Waals surface area contributed by atoms with Crippen molar-refractivity contribution in [3.05, 3.63) is 53.2 Å². The average Bonchev–Trinajstić information content (AvgIpc) is 2.29. The van der Waals surface area contributed by atoms with Crippen molar-refractivity contribution in [1.82, 2.24) is 9.97 Å². The Balaban J connectivity index is 2.20. The topological polar surface area (TPSA) is 54.9 Å². The van der Waals surface area contributed by atoms with Crippen LogP contribution < -0.4 is 5.32 Å². The first-order valence-electron chi connectivity index (χ1n) is 4.70. The number of nitrogens with zero attached hydrogens (tertiary/aromatic N) is 2. The molecule has 0 bridgehead atoms. The van der Waals surface area contributed by atoms with E-state index in [2.05, 4.69) is 15.3 Å². The highest BCUT2D eigenvalue weighted by Gasteiger charge is 2.11. The van der Waals surface area contributed by atoms with E-state index < -0.39 is 11.7 Å². The smallest absolute Gasteiger partial charge is 0.259 e. The normalized spacial score (nSPS) is 10.0. The summed E-state index contributed by atoms with van der Waals surface area (Å²) in [5.74, 6) is -1.02. The lowest BCUT2D eigenvalue weighted by atomic mass is 10.2. The van der Waals surface area contributed by atoms with Crippen LogP contribution in [-0.2, 0) is 0 Å². The van der Waals surface area contributed by atoms with Crippen LogP contribution in [-0.4, -0.2) is 15.9 Å². The van der Waals surface area contributed by atoms with Gasteiger partial charge in [-0.2, -0.15) is 0 Å². The number of carbonyl (C=O) groups excluding carboxylic acids is 1. The first kappa shape index (κ1) is 11.5. The van der Waals surface area contributed by atoms with Crippen LogP contribution in [0.25, 0.3) is 0 Å². The maximum Gasteiger partial charge on any atom is 0.259 e. The summed E-state index contributed by atoms with van der Waals surface area (Å²) in [6.45, 7) is 0. The lowest BCUT2D eigenvalue weighted by Crippen LogP contribution is -2.14. The standard InChI is InChI=1S/C11H7ClFN3O/c12-9-2-1-3-10(15-9)16-11(17)7-4-5-14-6-8(7)13/h1-6H,(H,15,16,17). The Kier molecular flexibility index (Phi) is 3.30. The van der Waals surface area contributed by atoms with Gasteiger partial charge in [-0.1, -0.05) is 17.7 Å². The Morgan fingerprint density at radius 3 is 2.88 bits per heavy atom. The zero-order chi connectivity index (χ0) is 12.3. The number of halogens is 2. The summed E-state index contributed by atoms with van der Waals surface area (Å²) in [6, 6.07) is 6.05. The predicted molar refractivity (Wildman–Crippen MR) is 61.4 cm³/mol. The summed E-state index contributed by atoms with van der Waals surface area (Å²) in [7, 11) is 0. The molecule has 0 saturated carbocycles. The van der Waals surface area contributed by atoms with Gasteiger partial charge in [0, 0.05) is 6.20 Å². The molecule has 0 aliphatic heterocycles. The molecule has 0 unspecified atom stereocenters. The van der Waals surface area contributed by atoms with Crippen LogP contribution in [0.1, 0.15) is 10.4 Å². The minimum atomic E-state index is -0.688. The molecule has 2 rings (SSSR count). The highest BCUT2D eigenvalue weighted by atomic mass is 35.5. The molecule has 2 aromatic heterocycles. The second kappa shape index (κ2) is 4.88. The van der Waals surface area contributed by atoms with Gasteiger partial charge in [0.15, 0.2) is 5.82 Å². The van der Waals surface area contributed by atoms with Crippen LogP contribution in [0.15, 0.2) is 36.7 Å². The van der Waals surface area contributed by atoms with Crippen LogP contribution in [0.2, 0.25) is 5.15 Å². The van der Waals surface area contributed by atoms with E-state index in [1.807, 2.05) is 0 Å². The second-order valence-electron chi connectivity index (χ2n) is 3.16. The molecule has 6 heteroatoms. The molecule has 0 aromatic carbocycles. The first-order chi connectivity index (χ1) is 8.16. The molecule has 0 spiro atoms. The van der Waals surface area contributed by atoms with E-state index in [1.54, 1.807) is 18.2 Å². The largest absolute Gasteiger partial charge is 0.306 e. The summed E-state index contributed by atoms with van der Waals surface area (Å²) in [4.78, 5) is 19.1. The highest BCUT2D eigenvalue weighted by Crippen LogP contribution is 2.11. The van der Waals surface area contributed by atoms with Crippen LogP contribution >= 0.6 is 11.6 Å². The SMILES string of the molecule is O=C(Nc1cccc(Cl)n1)c1ccncc1F. The summed E-state index contributed by atoms with van der Waals surface area (Å²) < 4.78 is 13.3. The molecule has 4 nitrogen and oxygen atoms in total. The fourth-order valence-corrected chi connectivity index (χ4v) is 1.38. The van der Waals surface area contributed by atoms with Gasteiger partial charge in [0.05, 0.1) is 11.8 Å². The van der Waals surface area contributed by atoms with Crippen molar-refractivity contribution in [3.63, 3.8) is 0 Å². The maximum atomic E-state index is 13.3. The third kappa shape index (κ3) is 2.76. The van der Waals surface area contributed by atoms with Crippen LogP contribution in [0.3, 0.4) is 0 Å². The maximum absolute atomic E-state index is 13.3. The molecule has 1 amide bonds. The number of anilines is 1. The molecule has 0 aliphatic rings. The Morgan fingerprint density at radius 2 is 2.18 bits per heavy atom. The fraction of sp³-hybridized carbons (Fsp3) is 0. The van der Waals surface area contributed by atoms with E-state index in [1.165, 1.54) is 12.3 Å². The van der Waals surface area contributed by atoms with Crippen molar-refractivity contribution in [1.29, 1.82) is 0 Å². The van der Waals surface area contributed by atoms with E-state index in [-0.39, 0.29) is 16.5 Å². The third-order valence-corrected chi connectivity index (χ3v) is 2.18. The van der Waals surface area contributed by atoms with Gasteiger partial charge in [-0.25, -0.2) is 9.37 Å². The van der Waals surface area contributed by atoms with Gasteiger partial charge in [0.1, 0.15) is 11.0 Å². The zero-order valence-electron chi connectivity index (χ0n) is 8.52. The number of hydrogen-bond donors (Lipinski definition) is 1. The van der Waals surface area contributed by atoms with Gasteiger partial charge in [-0.3, -0.25) is 9.78 Å². The van der Waals surface area contributed by atoms with Crippen molar-refractivity contribution in [3.8, 4) is 0 Å². The molecule has 17 heavy (non-hydrogen) atoms. The number of amides is 1. The van der Waals surface area contributed by atoms with Gasteiger partial charge >= 0.3 is 0 Å². The number of carbonyl (C=O) groups is 1. The van der Waals surface area contributed by atoms with E-state index in [9.17, 15) is 9.18 Å². The second-order valence-corrected chi connectivity index (χ2v) is 3.54. The monoisotopic (exact) mass is 251 g/mol. The first-order valence-corrected chi connectivity index (χ1v) is 5.08. The molecule has 0 radical (unpaired) electrons. The Morgan fingerprint density at radius 1 is 1.35 bits per heavy atom. The average molecular weight is 252 g/mol. The molecule has 1 N–H and O–H groups in total. The van der Waals surface area contributed by atoms with Gasteiger partial charge in [0.2, 0.25) is 0 Å². The van der Waals surface area contributed by atoms with Crippen molar-refractivity contribution in [2.24, 2.45) is 0 Å². The summed E-state index contributed by atoms with van der Waals surface area (Å²) >= 11 is 5.66. The number of rotatable bonds is 2. The Hall–Kier alpha value is -2.01. The lowest BCUT2D eigenvalue weighted by Gasteiger charge is -2.04. The zero-order valence-corrected chi connectivity index (χ0v) is 9.28. The van der Waals surface area contributed by atoms with E-state index in [4.69, 9.17) is 11.6 Å². The van der Waals surface area contributed by atoms with Crippen molar-refractivity contribution < 1.29 is 9.18 Å². The summed E-state index contributed by atoms with van der Waals surface area (Å²) in [5, 5.41) is 2.69.